The van der Waals surface area contributed by atoms with Crippen molar-refractivity contribution in [3.63, 3.8) is 0 Å². The molecule has 2 heterocycles. The van der Waals surface area contributed by atoms with Crippen LogP contribution in [-0.2, 0) is 27.5 Å². The second-order valence-electron chi connectivity index (χ2n) is 7.29. The number of carbonyl (C=O) groups is 2. The van der Waals surface area contributed by atoms with Gasteiger partial charge in [0, 0.05) is 17.8 Å². The van der Waals surface area contributed by atoms with E-state index in [2.05, 4.69) is 15.5 Å². The quantitative estimate of drug-likeness (QED) is 0.288. The van der Waals surface area contributed by atoms with Gasteiger partial charge < -0.3 is 14.6 Å². The Labute approximate surface area is 179 Å². The van der Waals surface area contributed by atoms with E-state index in [1.165, 1.54) is 12.4 Å². The molecule has 0 aliphatic rings. The van der Waals surface area contributed by atoms with Crippen LogP contribution in [0.1, 0.15) is 29.5 Å². The van der Waals surface area contributed by atoms with Gasteiger partial charge in [0.15, 0.2) is 0 Å². The highest BCUT2D eigenvalue weighted by Crippen LogP contribution is 2.20. The number of hydrogen-bond acceptors (Lipinski definition) is 7. The van der Waals surface area contributed by atoms with Gasteiger partial charge in [-0.15, -0.1) is 0 Å². The van der Waals surface area contributed by atoms with Gasteiger partial charge in [-0.25, -0.2) is 5.48 Å². The summed E-state index contributed by atoms with van der Waals surface area (Å²) in [4.78, 5) is 29.2. The number of aromatic nitrogens is 2. The molecule has 9 heteroatoms. The molecule has 0 saturated carbocycles. The van der Waals surface area contributed by atoms with E-state index < -0.39 is 17.4 Å². The molecular formula is C22H24N4O5. The van der Waals surface area contributed by atoms with Crippen LogP contribution in [0.25, 0.3) is 11.3 Å². The monoisotopic (exact) mass is 424 g/mol. The summed E-state index contributed by atoms with van der Waals surface area (Å²) in [5.41, 5.74) is 3.67. The minimum absolute atomic E-state index is 0.0259. The lowest BCUT2D eigenvalue weighted by atomic mass is 10.0. The van der Waals surface area contributed by atoms with Crippen molar-refractivity contribution >= 4 is 11.8 Å². The molecule has 3 rings (SSSR count). The van der Waals surface area contributed by atoms with Crippen LogP contribution in [0.4, 0.5) is 0 Å². The zero-order chi connectivity index (χ0) is 22.4. The fourth-order valence-corrected chi connectivity index (χ4v) is 2.88. The SMILES string of the molecule is Cc1ccnc(-c2ccc(COC(C)(C(=O)NO)C(=O)NCc3cc(C)on3)cc2)c1. The highest BCUT2D eigenvalue weighted by Gasteiger charge is 2.42. The second-order valence-corrected chi connectivity index (χ2v) is 7.29. The Morgan fingerprint density at radius 2 is 1.87 bits per heavy atom. The van der Waals surface area contributed by atoms with Crippen LogP contribution in [-0.4, -0.2) is 32.8 Å². The zero-order valence-corrected chi connectivity index (χ0v) is 17.5. The number of pyridine rings is 1. The molecule has 1 unspecified atom stereocenters. The van der Waals surface area contributed by atoms with Crippen LogP contribution in [0.2, 0.25) is 0 Å². The first-order valence-electron chi connectivity index (χ1n) is 9.63. The predicted octanol–water partition coefficient (Wildman–Crippen LogP) is 2.45. The first kappa shape index (κ1) is 22.1. The maximum Gasteiger partial charge on any atom is 0.285 e. The minimum atomic E-state index is -1.95. The standard InChI is InChI=1S/C22H24N4O5/c1-14-8-9-23-19(10-14)17-6-4-16(5-7-17)13-30-22(3,21(28)25-29)20(27)24-12-18-11-15(2)31-26-18/h4-11,29H,12-13H2,1-3H3,(H,24,27)(H,25,28). The third kappa shape index (κ3) is 5.33. The Morgan fingerprint density at radius 1 is 1.13 bits per heavy atom. The van der Waals surface area contributed by atoms with Crippen molar-refractivity contribution in [1.82, 2.24) is 20.9 Å². The third-order valence-electron chi connectivity index (χ3n) is 4.77. The first-order chi connectivity index (χ1) is 14.8. The number of hydroxylamine groups is 1. The molecule has 0 bridgehead atoms. The van der Waals surface area contributed by atoms with E-state index in [1.54, 1.807) is 19.2 Å². The summed E-state index contributed by atoms with van der Waals surface area (Å²) in [5, 5.41) is 15.5. The van der Waals surface area contributed by atoms with Crippen molar-refractivity contribution < 1.29 is 24.1 Å². The number of rotatable bonds is 8. The van der Waals surface area contributed by atoms with Gasteiger partial charge in [0.25, 0.3) is 11.8 Å². The molecule has 2 amide bonds. The number of ether oxygens (including phenoxy) is 1. The van der Waals surface area contributed by atoms with Crippen LogP contribution in [0, 0.1) is 13.8 Å². The van der Waals surface area contributed by atoms with E-state index >= 15 is 0 Å². The predicted molar refractivity (Wildman–Crippen MR) is 111 cm³/mol. The van der Waals surface area contributed by atoms with Crippen LogP contribution in [0.3, 0.4) is 0 Å². The number of amides is 2. The average Bonchev–Trinajstić information content (AvgIpc) is 3.20. The topological polar surface area (TPSA) is 127 Å². The Kier molecular flexibility index (Phi) is 6.78. The second kappa shape index (κ2) is 9.50. The molecular weight excluding hydrogens is 400 g/mol. The van der Waals surface area contributed by atoms with Crippen LogP contribution < -0.4 is 10.8 Å². The van der Waals surface area contributed by atoms with Gasteiger partial charge in [0.1, 0.15) is 11.5 Å². The van der Waals surface area contributed by atoms with Crippen LogP contribution in [0.15, 0.2) is 53.2 Å². The van der Waals surface area contributed by atoms with Gasteiger partial charge in [-0.1, -0.05) is 29.4 Å². The van der Waals surface area contributed by atoms with E-state index in [4.69, 9.17) is 14.5 Å². The highest BCUT2D eigenvalue weighted by atomic mass is 16.5. The number of benzene rings is 1. The van der Waals surface area contributed by atoms with E-state index in [-0.39, 0.29) is 13.2 Å². The summed E-state index contributed by atoms with van der Waals surface area (Å²) < 4.78 is 10.6. The summed E-state index contributed by atoms with van der Waals surface area (Å²) in [6, 6.07) is 13.0. The molecule has 1 atom stereocenters. The molecule has 31 heavy (non-hydrogen) atoms. The molecule has 0 aliphatic heterocycles. The van der Waals surface area contributed by atoms with Crippen molar-refractivity contribution in [2.45, 2.75) is 39.5 Å². The number of carbonyl (C=O) groups excluding carboxylic acids is 2. The minimum Gasteiger partial charge on any atom is -0.361 e. The zero-order valence-electron chi connectivity index (χ0n) is 17.5. The molecule has 1 aromatic carbocycles. The Bertz CT molecular complexity index is 1060. The van der Waals surface area contributed by atoms with Gasteiger partial charge >= 0.3 is 0 Å². The fraction of sp³-hybridized carbons (Fsp3) is 0.273. The van der Waals surface area contributed by atoms with E-state index in [1.807, 2.05) is 43.3 Å². The van der Waals surface area contributed by atoms with Gasteiger partial charge in [-0.05, 0) is 44.0 Å². The van der Waals surface area contributed by atoms with Crippen molar-refractivity contribution in [3.05, 3.63) is 71.2 Å². The summed E-state index contributed by atoms with van der Waals surface area (Å²) in [5.74, 6) is -1.11. The molecule has 3 N–H and O–H groups in total. The van der Waals surface area contributed by atoms with Gasteiger partial charge in [0.05, 0.1) is 18.8 Å². The average molecular weight is 424 g/mol. The Morgan fingerprint density at radius 3 is 2.48 bits per heavy atom. The van der Waals surface area contributed by atoms with Gasteiger partial charge in [-0.2, -0.15) is 0 Å². The number of hydrogen-bond donors (Lipinski definition) is 3. The first-order valence-corrected chi connectivity index (χ1v) is 9.63. The van der Waals surface area contributed by atoms with Crippen molar-refractivity contribution in [2.24, 2.45) is 0 Å². The third-order valence-corrected chi connectivity index (χ3v) is 4.77. The maximum atomic E-state index is 12.7. The van der Waals surface area contributed by atoms with E-state index in [0.29, 0.717) is 11.5 Å². The molecule has 2 aromatic heterocycles. The largest absolute Gasteiger partial charge is 0.361 e. The molecule has 0 saturated heterocycles. The normalized spacial score (nSPS) is 12.8. The molecule has 0 aliphatic carbocycles. The van der Waals surface area contributed by atoms with Gasteiger partial charge in [-0.3, -0.25) is 19.8 Å². The van der Waals surface area contributed by atoms with Crippen molar-refractivity contribution in [3.8, 4) is 11.3 Å². The number of aryl methyl sites for hydroxylation is 2. The summed E-state index contributed by atoms with van der Waals surface area (Å²) >= 11 is 0. The number of nitrogens with zero attached hydrogens (tertiary/aromatic N) is 2. The molecule has 3 aromatic rings. The lowest BCUT2D eigenvalue weighted by molar-refractivity contribution is -0.166. The highest BCUT2D eigenvalue weighted by molar-refractivity contribution is 6.07. The molecule has 9 nitrogen and oxygen atoms in total. The molecule has 0 radical (unpaired) electrons. The summed E-state index contributed by atoms with van der Waals surface area (Å²) in [7, 11) is 0. The summed E-state index contributed by atoms with van der Waals surface area (Å²) in [6.07, 6.45) is 1.75. The van der Waals surface area contributed by atoms with Gasteiger partial charge in [0.2, 0.25) is 5.60 Å². The van der Waals surface area contributed by atoms with Crippen molar-refractivity contribution in [1.29, 1.82) is 0 Å². The maximum absolute atomic E-state index is 12.7. The number of nitrogens with one attached hydrogen (secondary N) is 2. The van der Waals surface area contributed by atoms with E-state index in [9.17, 15) is 9.59 Å². The van der Waals surface area contributed by atoms with Crippen molar-refractivity contribution in [2.75, 3.05) is 0 Å². The fourth-order valence-electron chi connectivity index (χ4n) is 2.88. The molecule has 0 fully saturated rings. The van der Waals surface area contributed by atoms with Crippen LogP contribution >= 0.6 is 0 Å². The Hall–Kier alpha value is -3.56. The lowest BCUT2D eigenvalue weighted by Crippen LogP contribution is -2.56. The molecule has 0 spiro atoms. The summed E-state index contributed by atoms with van der Waals surface area (Å²) in [6.45, 7) is 5.03. The smallest absolute Gasteiger partial charge is 0.285 e. The molecule has 162 valence electrons. The lowest BCUT2D eigenvalue weighted by Gasteiger charge is -2.26. The Balaban J connectivity index is 1.67. The van der Waals surface area contributed by atoms with Crippen LogP contribution in [0.5, 0.6) is 0 Å². The van der Waals surface area contributed by atoms with E-state index in [0.717, 1.165) is 22.4 Å².